The Labute approximate surface area is 160 Å². The summed E-state index contributed by atoms with van der Waals surface area (Å²) in [6, 6.07) is 11.6. The predicted molar refractivity (Wildman–Crippen MR) is 101 cm³/mol. The first-order valence-electron chi connectivity index (χ1n) is 7.25. The number of hydrogen-bond donors (Lipinski definition) is 1. The molecule has 4 nitrogen and oxygen atoms in total. The number of halogens is 3. The van der Waals surface area contributed by atoms with Gasteiger partial charge in [-0.05, 0) is 48.9 Å². The second kappa shape index (κ2) is 8.90. The summed E-state index contributed by atoms with van der Waals surface area (Å²) in [6.07, 6.45) is 1.79. The van der Waals surface area contributed by atoms with Crippen LogP contribution in [0, 0.1) is 0 Å². The van der Waals surface area contributed by atoms with Crippen molar-refractivity contribution in [1.29, 1.82) is 0 Å². The van der Waals surface area contributed by atoms with Crippen molar-refractivity contribution in [2.75, 3.05) is 5.32 Å². The highest BCUT2D eigenvalue weighted by Crippen LogP contribution is 2.22. The van der Waals surface area contributed by atoms with E-state index in [0.717, 1.165) is 5.56 Å². The maximum absolute atomic E-state index is 12.1. The Morgan fingerprint density at radius 3 is 2.36 bits per heavy atom. The molecule has 2 aromatic carbocycles. The summed E-state index contributed by atoms with van der Waals surface area (Å²) in [7, 11) is 0. The molecule has 130 valence electrons. The van der Waals surface area contributed by atoms with Crippen molar-refractivity contribution >= 4 is 58.4 Å². The van der Waals surface area contributed by atoms with Crippen LogP contribution in [0.2, 0.25) is 15.1 Å². The summed E-state index contributed by atoms with van der Waals surface area (Å²) in [4.78, 5) is 23.9. The topological polar surface area (TPSA) is 55.4 Å². The largest absolute Gasteiger partial charge is 0.449 e. The first-order valence-corrected chi connectivity index (χ1v) is 8.38. The molecule has 0 aliphatic carbocycles. The van der Waals surface area contributed by atoms with E-state index in [-0.39, 0.29) is 0 Å². The molecule has 1 atom stereocenters. The van der Waals surface area contributed by atoms with Gasteiger partial charge in [0.25, 0.3) is 5.91 Å². The van der Waals surface area contributed by atoms with E-state index in [1.807, 2.05) is 0 Å². The van der Waals surface area contributed by atoms with Crippen molar-refractivity contribution in [2.45, 2.75) is 13.0 Å². The second-order valence-electron chi connectivity index (χ2n) is 5.11. The number of anilines is 1. The molecule has 25 heavy (non-hydrogen) atoms. The average molecular weight is 399 g/mol. The van der Waals surface area contributed by atoms with Crippen molar-refractivity contribution in [3.8, 4) is 0 Å². The molecule has 0 spiro atoms. The van der Waals surface area contributed by atoms with Gasteiger partial charge >= 0.3 is 5.97 Å². The molecule has 2 rings (SSSR count). The molecule has 0 heterocycles. The quantitative estimate of drug-likeness (QED) is 0.554. The van der Waals surface area contributed by atoms with Crippen LogP contribution in [0.1, 0.15) is 12.5 Å². The number of carbonyl (C=O) groups is 2. The van der Waals surface area contributed by atoms with Gasteiger partial charge in [-0.25, -0.2) is 4.79 Å². The summed E-state index contributed by atoms with van der Waals surface area (Å²) in [5, 5.41) is 3.91. The Bertz CT molecular complexity index is 801. The van der Waals surface area contributed by atoms with Crippen LogP contribution in [0.25, 0.3) is 6.08 Å². The lowest BCUT2D eigenvalue weighted by atomic mass is 10.2. The lowest BCUT2D eigenvalue weighted by Gasteiger charge is -2.12. The summed E-state index contributed by atoms with van der Waals surface area (Å²) in [5.41, 5.74) is 1.16. The van der Waals surface area contributed by atoms with Crippen LogP contribution in [-0.4, -0.2) is 18.0 Å². The predicted octanol–water partition coefficient (Wildman–Crippen LogP) is 5.23. The SMILES string of the molecule is C[C@@H](OC(=O)/C=C/c1cccc(Cl)c1)C(=O)Nc1cc(Cl)cc(Cl)c1. The summed E-state index contributed by atoms with van der Waals surface area (Å²) in [5.74, 6) is -1.14. The number of hydrogen-bond acceptors (Lipinski definition) is 3. The summed E-state index contributed by atoms with van der Waals surface area (Å²) < 4.78 is 5.06. The van der Waals surface area contributed by atoms with Crippen LogP contribution in [0.15, 0.2) is 48.5 Å². The molecule has 2 aromatic rings. The Balaban J connectivity index is 1.92. The van der Waals surface area contributed by atoms with Crippen molar-refractivity contribution in [2.24, 2.45) is 0 Å². The molecular weight excluding hydrogens is 385 g/mol. The molecule has 7 heteroatoms. The van der Waals surface area contributed by atoms with E-state index in [0.29, 0.717) is 20.8 Å². The van der Waals surface area contributed by atoms with Gasteiger partial charge in [0.1, 0.15) is 0 Å². The number of esters is 1. The molecule has 0 aliphatic rings. The minimum Gasteiger partial charge on any atom is -0.449 e. The highest BCUT2D eigenvalue weighted by Gasteiger charge is 2.17. The van der Waals surface area contributed by atoms with Gasteiger partial charge < -0.3 is 10.1 Å². The van der Waals surface area contributed by atoms with E-state index in [1.54, 1.807) is 48.5 Å². The smallest absolute Gasteiger partial charge is 0.331 e. The third kappa shape index (κ3) is 6.42. The van der Waals surface area contributed by atoms with Crippen molar-refractivity contribution in [3.05, 3.63) is 69.2 Å². The minimum atomic E-state index is -0.991. The Morgan fingerprint density at radius 2 is 1.72 bits per heavy atom. The number of benzene rings is 2. The maximum atomic E-state index is 12.1. The van der Waals surface area contributed by atoms with Crippen LogP contribution in [0.5, 0.6) is 0 Å². The van der Waals surface area contributed by atoms with Gasteiger partial charge in [-0.3, -0.25) is 4.79 Å². The van der Waals surface area contributed by atoms with E-state index < -0.39 is 18.0 Å². The van der Waals surface area contributed by atoms with E-state index >= 15 is 0 Å². The van der Waals surface area contributed by atoms with Crippen molar-refractivity contribution in [1.82, 2.24) is 0 Å². The fourth-order valence-electron chi connectivity index (χ4n) is 1.91. The lowest BCUT2D eigenvalue weighted by molar-refractivity contribution is -0.148. The zero-order valence-corrected chi connectivity index (χ0v) is 15.4. The maximum Gasteiger partial charge on any atom is 0.331 e. The van der Waals surface area contributed by atoms with Gasteiger partial charge in [0, 0.05) is 26.8 Å². The lowest BCUT2D eigenvalue weighted by Crippen LogP contribution is -2.29. The van der Waals surface area contributed by atoms with Crippen LogP contribution in [0.4, 0.5) is 5.69 Å². The van der Waals surface area contributed by atoms with Gasteiger partial charge in [-0.2, -0.15) is 0 Å². The van der Waals surface area contributed by atoms with Crippen LogP contribution in [-0.2, 0) is 14.3 Å². The van der Waals surface area contributed by atoms with Gasteiger partial charge in [-0.1, -0.05) is 46.9 Å². The third-order valence-electron chi connectivity index (χ3n) is 3.05. The molecule has 0 saturated heterocycles. The molecule has 0 fully saturated rings. The molecule has 0 unspecified atom stereocenters. The highest BCUT2D eigenvalue weighted by molar-refractivity contribution is 6.35. The van der Waals surface area contributed by atoms with Gasteiger partial charge in [0.05, 0.1) is 0 Å². The van der Waals surface area contributed by atoms with Gasteiger partial charge in [0.15, 0.2) is 6.10 Å². The highest BCUT2D eigenvalue weighted by atomic mass is 35.5. The van der Waals surface area contributed by atoms with Crippen molar-refractivity contribution < 1.29 is 14.3 Å². The molecule has 0 aliphatic heterocycles. The monoisotopic (exact) mass is 397 g/mol. The van der Waals surface area contributed by atoms with Crippen molar-refractivity contribution in [3.63, 3.8) is 0 Å². The molecule has 0 saturated carbocycles. The fraction of sp³-hybridized carbons (Fsp3) is 0.111. The Kier molecular flexibility index (Phi) is 6.88. The summed E-state index contributed by atoms with van der Waals surface area (Å²) in [6.45, 7) is 1.46. The molecule has 1 amide bonds. The molecule has 0 radical (unpaired) electrons. The van der Waals surface area contributed by atoms with Crippen LogP contribution >= 0.6 is 34.8 Å². The second-order valence-corrected chi connectivity index (χ2v) is 6.42. The fourth-order valence-corrected chi connectivity index (χ4v) is 2.64. The number of nitrogens with one attached hydrogen (secondary N) is 1. The van der Waals surface area contributed by atoms with Crippen LogP contribution < -0.4 is 5.32 Å². The number of amides is 1. The normalized spacial score (nSPS) is 12.0. The molecule has 0 aromatic heterocycles. The minimum absolute atomic E-state index is 0.386. The third-order valence-corrected chi connectivity index (χ3v) is 3.72. The average Bonchev–Trinajstić information content (AvgIpc) is 2.52. The Hall–Kier alpha value is -2.01. The number of carbonyl (C=O) groups excluding carboxylic acids is 2. The van der Waals surface area contributed by atoms with Gasteiger partial charge in [-0.15, -0.1) is 0 Å². The number of ether oxygens (including phenoxy) is 1. The summed E-state index contributed by atoms with van der Waals surface area (Å²) >= 11 is 17.6. The molecular formula is C18H14Cl3NO3. The molecule has 1 N–H and O–H groups in total. The van der Waals surface area contributed by atoms with E-state index in [2.05, 4.69) is 5.32 Å². The Morgan fingerprint density at radius 1 is 1.04 bits per heavy atom. The van der Waals surface area contributed by atoms with E-state index in [4.69, 9.17) is 39.5 Å². The zero-order chi connectivity index (χ0) is 18.4. The number of rotatable bonds is 5. The molecule has 0 bridgehead atoms. The van der Waals surface area contributed by atoms with E-state index in [1.165, 1.54) is 13.0 Å². The standard InChI is InChI=1S/C18H14Cl3NO3/c1-11(18(24)22-16-9-14(20)8-15(21)10-16)25-17(23)6-5-12-3-2-4-13(19)7-12/h2-11H,1H3,(H,22,24)/b6-5+/t11-/m1/s1. The zero-order valence-electron chi connectivity index (χ0n) is 13.1. The van der Waals surface area contributed by atoms with E-state index in [9.17, 15) is 9.59 Å². The van der Waals surface area contributed by atoms with Gasteiger partial charge in [0.2, 0.25) is 0 Å². The van der Waals surface area contributed by atoms with Crippen LogP contribution in [0.3, 0.4) is 0 Å². The first-order chi connectivity index (χ1) is 11.8. The first kappa shape index (κ1) is 19.3.